The van der Waals surface area contributed by atoms with E-state index in [1.807, 2.05) is 36.4 Å². The summed E-state index contributed by atoms with van der Waals surface area (Å²) in [5.41, 5.74) is 35.0. The maximum Gasteiger partial charge on any atom is 0.136 e. The molecule has 0 spiro atoms. The first-order valence-electron chi connectivity index (χ1n) is 50.6. The van der Waals surface area contributed by atoms with Crippen LogP contribution in [0.15, 0.2) is 559 Å². The molecule has 30 rings (SSSR count). The van der Waals surface area contributed by atoms with E-state index in [0.29, 0.717) is 0 Å². The molecule has 0 atom stereocenters. The Kier molecular flexibility index (Phi) is 21.0. The average Bonchev–Trinajstić information content (AvgIpc) is 1.41. The molecule has 0 aliphatic rings. The Balaban J connectivity index is 0.000000107. The van der Waals surface area contributed by atoms with Crippen LogP contribution >= 0.6 is 0 Å². The molecule has 0 amide bonds. The van der Waals surface area contributed by atoms with Gasteiger partial charge in [0.2, 0.25) is 0 Å². The Bertz CT molecular complexity index is 9990. The molecule has 3 heteroatoms. The molecule has 0 fully saturated rings. The van der Waals surface area contributed by atoms with Crippen LogP contribution in [0.3, 0.4) is 0 Å². The summed E-state index contributed by atoms with van der Waals surface area (Å²) in [4.78, 5) is 0. The molecule has 0 saturated carbocycles. The summed E-state index contributed by atoms with van der Waals surface area (Å²) in [7, 11) is 0. The molecule has 0 saturated heterocycles. The maximum absolute atomic E-state index is 6.36. The van der Waals surface area contributed by atoms with Crippen LogP contribution in [0.1, 0.15) is 0 Å². The van der Waals surface area contributed by atoms with Gasteiger partial charge in [-0.05, 0) is 291 Å². The van der Waals surface area contributed by atoms with E-state index in [-0.39, 0.29) is 0 Å². The van der Waals surface area contributed by atoms with Gasteiger partial charge in [0.25, 0.3) is 0 Å². The highest BCUT2D eigenvalue weighted by molar-refractivity contribution is 6.29. The summed E-state index contributed by atoms with van der Waals surface area (Å²) in [6.07, 6.45) is 0. The van der Waals surface area contributed by atoms with Gasteiger partial charge in [-0.3, -0.25) is 0 Å². The minimum Gasteiger partial charge on any atom is -0.456 e. The SMILES string of the molecule is c1ccc(-c2ccccc2-c2ccc(-c3c4ccccc4c(-c4ccc5c(c4)oc4ccccc45)c4ccccc34)c3ccccc23)cc1.c1ccc(-c2ccccc2-c2ccc3c(-c4c5ccccc5c(-c5ccc6c(c5)oc5ccccc56)c5ccccc45)cccc3c2)cc1.c1ccc(-c2ccccc2-c2cccc3c(-c4c5ccccc5c(-c5ccc6c(c5)oc5ccccc56)c5ccccc45)cccc23)cc1. The zero-order valence-electron chi connectivity index (χ0n) is 80.2. The smallest absolute Gasteiger partial charge is 0.136 e. The van der Waals surface area contributed by atoms with Gasteiger partial charge < -0.3 is 13.3 Å². The van der Waals surface area contributed by atoms with Crippen molar-refractivity contribution in [3.05, 3.63) is 546 Å². The van der Waals surface area contributed by atoms with Gasteiger partial charge in [0.1, 0.15) is 33.5 Å². The zero-order chi connectivity index (χ0) is 96.9. The van der Waals surface area contributed by atoms with Gasteiger partial charge in [0.05, 0.1) is 0 Å². The quantitative estimate of drug-likeness (QED) is 0.114. The van der Waals surface area contributed by atoms with E-state index < -0.39 is 0 Å². The number of fused-ring (bicyclic) bond motifs is 18. The number of hydrogen-bond acceptors (Lipinski definition) is 3. The largest absolute Gasteiger partial charge is 0.456 e. The van der Waals surface area contributed by atoms with Crippen LogP contribution < -0.4 is 0 Å². The van der Waals surface area contributed by atoms with E-state index in [4.69, 9.17) is 13.3 Å². The van der Waals surface area contributed by atoms with Gasteiger partial charge in [-0.1, -0.05) is 485 Å². The van der Waals surface area contributed by atoms with Gasteiger partial charge >= 0.3 is 0 Å². The van der Waals surface area contributed by atoms with Gasteiger partial charge in [-0.15, -0.1) is 0 Å². The molecule has 0 N–H and O–H groups in total. The molecule has 0 aliphatic heterocycles. The highest BCUT2D eigenvalue weighted by atomic mass is 16.3. The van der Waals surface area contributed by atoms with Gasteiger partial charge in [0.15, 0.2) is 0 Å². The van der Waals surface area contributed by atoms with E-state index in [0.717, 1.165) is 82.5 Å². The molecule has 0 radical (unpaired) electrons. The lowest BCUT2D eigenvalue weighted by Gasteiger charge is -2.20. The van der Waals surface area contributed by atoms with Crippen LogP contribution in [0.4, 0.5) is 0 Å². The van der Waals surface area contributed by atoms with Crippen molar-refractivity contribution in [1.29, 1.82) is 0 Å². The van der Waals surface area contributed by atoms with Gasteiger partial charge in [-0.2, -0.15) is 0 Å². The molecule has 30 aromatic rings. The molecule has 3 aromatic heterocycles. The predicted molar refractivity (Wildman–Crippen MR) is 624 cm³/mol. The standard InChI is InChI=1S/3C48H30O/c1-2-14-31(15-3-1)33-16-4-5-17-34(33)35-23-12-25-37-36(35)24-13-26-40(37)48-43-21-8-6-19-41(43)47(42-20-7-9-22-44(42)48)32-28-29-39-38-18-10-11-27-45(38)49-46(39)30-32;1-2-13-31(14-3-1)35-16-4-5-17-36(35)33-25-27-37-32(29-33)15-12-23-40(37)48-43-21-8-6-19-41(43)47(42-20-7-9-22-44(42)48)34-26-28-39-38-18-10-11-24-45(38)49-46(39)30-34;1-2-14-31(15-3-1)33-16-4-5-17-34(33)37-28-29-44(36-19-7-6-18-35(36)37)48-42-23-10-8-21-40(42)47(41-22-9-11-24-43(41)48)32-26-27-39-38-20-12-13-25-45(38)49-46(39)30-32/h3*1-30H. The highest BCUT2D eigenvalue weighted by Crippen LogP contribution is 2.54. The van der Waals surface area contributed by atoms with Gasteiger partial charge in [0, 0.05) is 32.3 Å². The van der Waals surface area contributed by atoms with Crippen LogP contribution in [-0.4, -0.2) is 0 Å². The molecule has 147 heavy (non-hydrogen) atoms. The average molecular weight is 1870 g/mol. The number of furan rings is 3. The van der Waals surface area contributed by atoms with Crippen molar-refractivity contribution in [3.8, 4) is 134 Å². The maximum atomic E-state index is 6.36. The van der Waals surface area contributed by atoms with Crippen LogP contribution in [0.5, 0.6) is 0 Å². The monoisotopic (exact) mass is 1870 g/mol. The van der Waals surface area contributed by atoms with Crippen molar-refractivity contribution in [1.82, 2.24) is 0 Å². The molecule has 684 valence electrons. The lowest BCUT2D eigenvalue weighted by Crippen LogP contribution is -1.93. The van der Waals surface area contributed by atoms with Crippen LogP contribution in [0, 0.1) is 0 Å². The molecule has 0 aliphatic carbocycles. The van der Waals surface area contributed by atoms with Crippen molar-refractivity contribution < 1.29 is 13.3 Å². The van der Waals surface area contributed by atoms with Crippen molar-refractivity contribution in [3.63, 3.8) is 0 Å². The van der Waals surface area contributed by atoms with Crippen LogP contribution in [0.25, 0.3) is 296 Å². The first-order valence-corrected chi connectivity index (χ1v) is 50.6. The Morgan fingerprint density at radius 1 is 0.0884 bits per heavy atom. The summed E-state index contributed by atoms with van der Waals surface area (Å²) >= 11 is 0. The summed E-state index contributed by atoms with van der Waals surface area (Å²) in [5, 5.41) is 29.2. The van der Waals surface area contributed by atoms with Crippen LogP contribution in [-0.2, 0) is 0 Å². The molecule has 3 nitrogen and oxygen atoms in total. The zero-order valence-corrected chi connectivity index (χ0v) is 80.2. The second kappa shape index (κ2) is 36.0. The molecule has 0 bridgehead atoms. The second-order valence-electron chi connectivity index (χ2n) is 38.3. The summed E-state index contributed by atoms with van der Waals surface area (Å²) in [5.74, 6) is 0. The summed E-state index contributed by atoms with van der Waals surface area (Å²) in [6, 6.07) is 197. The fraction of sp³-hybridized carbons (Fsp3) is 0. The summed E-state index contributed by atoms with van der Waals surface area (Å²) in [6.45, 7) is 0. The van der Waals surface area contributed by atoms with Crippen molar-refractivity contribution in [2.24, 2.45) is 0 Å². The molecule has 3 heterocycles. The third-order valence-corrected chi connectivity index (χ3v) is 30.3. The van der Waals surface area contributed by atoms with E-state index in [9.17, 15) is 0 Å². The first kappa shape index (κ1) is 85.6. The Hall–Kier alpha value is -19.3. The van der Waals surface area contributed by atoms with Crippen LogP contribution in [0.2, 0.25) is 0 Å². The minimum absolute atomic E-state index is 0.910. The van der Waals surface area contributed by atoms with Crippen molar-refractivity contribution in [2.45, 2.75) is 0 Å². The normalized spacial score (nSPS) is 11.7. The Morgan fingerprint density at radius 2 is 0.293 bits per heavy atom. The third-order valence-electron chi connectivity index (χ3n) is 30.3. The molecular weight excluding hydrogens is 1780 g/mol. The lowest BCUT2D eigenvalue weighted by molar-refractivity contribution is 0.668. The number of rotatable bonds is 12. The Labute approximate surface area is 849 Å². The fourth-order valence-electron chi connectivity index (χ4n) is 23.8. The number of benzene rings is 27. The van der Waals surface area contributed by atoms with Crippen molar-refractivity contribution in [2.75, 3.05) is 0 Å². The minimum atomic E-state index is 0.910. The molecule has 27 aromatic carbocycles. The number of para-hydroxylation sites is 3. The fourth-order valence-corrected chi connectivity index (χ4v) is 23.8. The molecule has 0 unspecified atom stereocenters. The lowest BCUT2D eigenvalue weighted by atomic mass is 9.83. The Morgan fingerprint density at radius 3 is 0.639 bits per heavy atom. The van der Waals surface area contributed by atoms with E-state index in [1.54, 1.807) is 0 Å². The number of hydrogen-bond donors (Lipinski definition) is 0. The van der Waals surface area contributed by atoms with Gasteiger partial charge in [-0.25, -0.2) is 0 Å². The third kappa shape index (κ3) is 14.6. The topological polar surface area (TPSA) is 39.4 Å². The predicted octanol–water partition coefficient (Wildman–Crippen LogP) is 41.1. The van der Waals surface area contributed by atoms with E-state index in [2.05, 4.69) is 510 Å². The first-order chi connectivity index (χ1) is 73.0. The highest BCUT2D eigenvalue weighted by Gasteiger charge is 2.27. The van der Waals surface area contributed by atoms with E-state index >= 15 is 0 Å². The van der Waals surface area contributed by atoms with Crippen molar-refractivity contribution >= 4 is 163 Å². The van der Waals surface area contributed by atoms with E-state index in [1.165, 1.54) is 214 Å². The molecular formula is C144H90O3. The summed E-state index contributed by atoms with van der Waals surface area (Å²) < 4.78 is 19.1. The second-order valence-corrected chi connectivity index (χ2v) is 38.3.